The van der Waals surface area contributed by atoms with Crippen molar-refractivity contribution in [3.63, 3.8) is 0 Å². The molecule has 1 saturated heterocycles. The van der Waals surface area contributed by atoms with Gasteiger partial charge < -0.3 is 15.3 Å². The Bertz CT molecular complexity index is 867. The molecule has 2 aromatic carbocycles. The average molecular weight is 385 g/mol. The number of allylic oxidation sites excluding steroid dienone is 1. The van der Waals surface area contributed by atoms with E-state index in [-0.39, 0.29) is 0 Å². The zero-order valence-corrected chi connectivity index (χ0v) is 15.6. The monoisotopic (exact) mass is 384 g/mol. The third-order valence-corrected chi connectivity index (χ3v) is 4.87. The minimum Gasteiger partial charge on any atom is -0.480 e. The Kier molecular flexibility index (Phi) is 5.81. The Hall–Kier alpha value is -2.79. The highest BCUT2D eigenvalue weighted by molar-refractivity contribution is 6.31. The Morgan fingerprint density at radius 1 is 1.30 bits per heavy atom. The number of amides is 2. The fourth-order valence-corrected chi connectivity index (χ4v) is 3.72. The van der Waals surface area contributed by atoms with Gasteiger partial charge in [0.25, 0.3) is 0 Å². The van der Waals surface area contributed by atoms with E-state index < -0.39 is 18.0 Å². The van der Waals surface area contributed by atoms with Crippen molar-refractivity contribution in [2.75, 3.05) is 11.9 Å². The number of anilines is 1. The fourth-order valence-electron chi connectivity index (χ4n) is 3.48. The molecular formula is C21H21ClN2O3. The molecule has 0 spiro atoms. The number of carbonyl (C=O) groups is 2. The maximum absolute atomic E-state index is 12.8. The number of carboxylic acid groups (broad SMARTS) is 1. The second-order valence-corrected chi connectivity index (χ2v) is 6.90. The lowest BCUT2D eigenvalue weighted by molar-refractivity contribution is -0.141. The van der Waals surface area contributed by atoms with Gasteiger partial charge in [-0.25, -0.2) is 9.59 Å². The largest absolute Gasteiger partial charge is 0.480 e. The maximum atomic E-state index is 12.8. The van der Waals surface area contributed by atoms with Crippen LogP contribution in [0.4, 0.5) is 10.5 Å². The number of aliphatic carboxylic acids is 1. The number of carboxylic acids is 1. The standard InChI is InChI=1S/C21H21ClN2O3/c1-2-7-15-12-16(22)13-17(19(15)14-8-4-3-5-9-14)23-21(27)24-11-6-10-18(24)20(25)26/h2-5,8-9,12-13,18H,1,6-7,10-11H2,(H,23,27)(H,25,26). The molecule has 1 atom stereocenters. The van der Waals surface area contributed by atoms with Crippen LogP contribution in [0, 0.1) is 0 Å². The van der Waals surface area contributed by atoms with Crippen LogP contribution in [0.2, 0.25) is 5.02 Å². The first-order chi connectivity index (χ1) is 13.0. The van der Waals surface area contributed by atoms with E-state index in [9.17, 15) is 14.7 Å². The minimum atomic E-state index is -0.982. The van der Waals surface area contributed by atoms with E-state index in [4.69, 9.17) is 11.6 Å². The van der Waals surface area contributed by atoms with E-state index >= 15 is 0 Å². The minimum absolute atomic E-state index is 0.420. The first-order valence-corrected chi connectivity index (χ1v) is 9.18. The number of hydrogen-bond donors (Lipinski definition) is 2. The molecule has 3 rings (SSSR count). The van der Waals surface area contributed by atoms with Crippen LogP contribution in [0.1, 0.15) is 18.4 Å². The third kappa shape index (κ3) is 4.14. The molecule has 2 aromatic rings. The summed E-state index contributed by atoms with van der Waals surface area (Å²) in [4.78, 5) is 25.5. The lowest BCUT2D eigenvalue weighted by Gasteiger charge is -2.23. The smallest absolute Gasteiger partial charge is 0.326 e. The van der Waals surface area contributed by atoms with Crippen molar-refractivity contribution in [1.29, 1.82) is 0 Å². The van der Waals surface area contributed by atoms with Crippen molar-refractivity contribution in [2.45, 2.75) is 25.3 Å². The molecule has 1 aliphatic heterocycles. The third-order valence-electron chi connectivity index (χ3n) is 4.65. The second kappa shape index (κ2) is 8.27. The zero-order chi connectivity index (χ0) is 19.4. The lowest BCUT2D eigenvalue weighted by Crippen LogP contribution is -2.42. The second-order valence-electron chi connectivity index (χ2n) is 6.47. The van der Waals surface area contributed by atoms with Gasteiger partial charge in [0.15, 0.2) is 0 Å². The molecule has 0 aromatic heterocycles. The summed E-state index contributed by atoms with van der Waals surface area (Å²) in [5.41, 5.74) is 3.30. The predicted octanol–water partition coefficient (Wildman–Crippen LogP) is 4.82. The van der Waals surface area contributed by atoms with Gasteiger partial charge >= 0.3 is 12.0 Å². The highest BCUT2D eigenvalue weighted by Crippen LogP contribution is 2.35. The van der Waals surface area contributed by atoms with Gasteiger partial charge in [0.1, 0.15) is 6.04 Å². The fraction of sp³-hybridized carbons (Fsp3) is 0.238. The quantitative estimate of drug-likeness (QED) is 0.726. The van der Waals surface area contributed by atoms with Gasteiger partial charge in [0.2, 0.25) is 0 Å². The van der Waals surface area contributed by atoms with Gasteiger partial charge in [0.05, 0.1) is 5.69 Å². The van der Waals surface area contributed by atoms with Crippen molar-refractivity contribution >= 4 is 29.3 Å². The summed E-state index contributed by atoms with van der Waals surface area (Å²) in [5.74, 6) is -0.982. The number of nitrogens with zero attached hydrogens (tertiary/aromatic N) is 1. The summed E-state index contributed by atoms with van der Waals surface area (Å²) >= 11 is 6.27. The molecular weight excluding hydrogens is 364 g/mol. The topological polar surface area (TPSA) is 69.6 Å². The van der Waals surface area contributed by atoms with Crippen LogP contribution in [0.3, 0.4) is 0 Å². The molecule has 6 heteroatoms. The number of benzene rings is 2. The highest BCUT2D eigenvalue weighted by atomic mass is 35.5. The molecule has 5 nitrogen and oxygen atoms in total. The molecule has 1 heterocycles. The molecule has 2 amide bonds. The van der Waals surface area contributed by atoms with Crippen LogP contribution in [-0.2, 0) is 11.2 Å². The van der Waals surface area contributed by atoms with E-state index in [1.807, 2.05) is 36.4 Å². The number of halogens is 1. The van der Waals surface area contributed by atoms with E-state index in [0.29, 0.717) is 36.5 Å². The van der Waals surface area contributed by atoms with Crippen molar-refractivity contribution in [2.24, 2.45) is 0 Å². The molecule has 27 heavy (non-hydrogen) atoms. The molecule has 0 saturated carbocycles. The zero-order valence-electron chi connectivity index (χ0n) is 14.8. The maximum Gasteiger partial charge on any atom is 0.326 e. The average Bonchev–Trinajstić information content (AvgIpc) is 3.13. The van der Waals surface area contributed by atoms with Crippen LogP contribution in [0.25, 0.3) is 11.1 Å². The number of carbonyl (C=O) groups excluding carboxylic acids is 1. The van der Waals surface area contributed by atoms with Gasteiger partial charge in [-0.15, -0.1) is 6.58 Å². The molecule has 1 fully saturated rings. The molecule has 1 aliphatic rings. The van der Waals surface area contributed by atoms with E-state index in [2.05, 4.69) is 11.9 Å². The van der Waals surface area contributed by atoms with Gasteiger partial charge in [-0.1, -0.05) is 48.0 Å². The van der Waals surface area contributed by atoms with Crippen LogP contribution >= 0.6 is 11.6 Å². The number of urea groups is 1. The molecule has 0 aliphatic carbocycles. The summed E-state index contributed by atoms with van der Waals surface area (Å²) < 4.78 is 0. The number of rotatable bonds is 5. The Balaban J connectivity index is 2.00. The molecule has 0 bridgehead atoms. The van der Waals surface area contributed by atoms with Crippen LogP contribution in [0.5, 0.6) is 0 Å². The summed E-state index contributed by atoms with van der Waals surface area (Å²) in [7, 11) is 0. The molecule has 1 unspecified atom stereocenters. The van der Waals surface area contributed by atoms with Gasteiger partial charge in [-0.2, -0.15) is 0 Å². The molecule has 140 valence electrons. The Labute approximate surface area is 163 Å². The number of nitrogens with one attached hydrogen (secondary N) is 1. The van der Waals surface area contributed by atoms with E-state index in [1.54, 1.807) is 12.1 Å². The SMILES string of the molecule is C=CCc1cc(Cl)cc(NC(=O)N2CCCC2C(=O)O)c1-c1ccccc1. The normalized spacial score (nSPS) is 16.2. The molecule has 0 radical (unpaired) electrons. The summed E-state index contributed by atoms with van der Waals surface area (Å²) in [6, 6.07) is 12.0. The van der Waals surface area contributed by atoms with Gasteiger partial charge in [0, 0.05) is 17.1 Å². The number of likely N-dealkylation sites (tertiary alicyclic amines) is 1. The van der Waals surface area contributed by atoms with Crippen molar-refractivity contribution in [3.8, 4) is 11.1 Å². The summed E-state index contributed by atoms with van der Waals surface area (Å²) in [6.07, 6.45) is 3.51. The predicted molar refractivity (Wildman–Crippen MR) is 107 cm³/mol. The Morgan fingerprint density at radius 3 is 2.70 bits per heavy atom. The number of hydrogen-bond acceptors (Lipinski definition) is 2. The van der Waals surface area contributed by atoms with Gasteiger partial charge in [-0.3, -0.25) is 0 Å². The summed E-state index contributed by atoms with van der Waals surface area (Å²) in [6.45, 7) is 4.22. The Morgan fingerprint density at radius 2 is 2.04 bits per heavy atom. The first-order valence-electron chi connectivity index (χ1n) is 8.80. The summed E-state index contributed by atoms with van der Waals surface area (Å²) in [5, 5.41) is 12.7. The lowest BCUT2D eigenvalue weighted by atomic mass is 9.95. The van der Waals surface area contributed by atoms with Crippen molar-refractivity contribution in [1.82, 2.24) is 4.90 Å². The van der Waals surface area contributed by atoms with E-state index in [1.165, 1.54) is 4.90 Å². The first kappa shape index (κ1) is 19.0. The highest BCUT2D eigenvalue weighted by Gasteiger charge is 2.34. The van der Waals surface area contributed by atoms with Crippen molar-refractivity contribution in [3.05, 3.63) is 65.7 Å². The van der Waals surface area contributed by atoms with Crippen LogP contribution < -0.4 is 5.32 Å². The van der Waals surface area contributed by atoms with Crippen LogP contribution in [0.15, 0.2) is 55.1 Å². The van der Waals surface area contributed by atoms with Gasteiger partial charge in [-0.05, 0) is 42.5 Å². The van der Waals surface area contributed by atoms with Crippen molar-refractivity contribution < 1.29 is 14.7 Å². The van der Waals surface area contributed by atoms with E-state index in [0.717, 1.165) is 16.7 Å². The van der Waals surface area contributed by atoms with Crippen LogP contribution in [-0.4, -0.2) is 34.6 Å². The molecule has 2 N–H and O–H groups in total.